The quantitative estimate of drug-likeness (QED) is 0.587. The summed E-state index contributed by atoms with van der Waals surface area (Å²) in [5.74, 6) is -0.137. The largest absolute Gasteiger partial charge is 0.352 e. The van der Waals surface area contributed by atoms with Crippen LogP contribution in [0.2, 0.25) is 0 Å². The van der Waals surface area contributed by atoms with Crippen LogP contribution in [-0.2, 0) is 11.2 Å². The molecular weight excluding hydrogens is 418 g/mol. The number of hydrogen-bond acceptors (Lipinski definition) is 4. The van der Waals surface area contributed by atoms with Crippen molar-refractivity contribution in [1.82, 2.24) is 15.2 Å². The molecule has 6 heteroatoms. The number of likely N-dealkylation sites (tertiary alicyclic amines) is 1. The topological polar surface area (TPSA) is 62.3 Å². The highest BCUT2D eigenvalue weighted by Gasteiger charge is 2.50. The van der Waals surface area contributed by atoms with E-state index in [2.05, 4.69) is 22.4 Å². The van der Waals surface area contributed by atoms with Crippen LogP contribution in [0.1, 0.15) is 47.5 Å². The molecule has 1 aliphatic heterocycles. The maximum Gasteiger partial charge on any atom is 0.255 e. The van der Waals surface area contributed by atoms with E-state index in [1.165, 1.54) is 0 Å². The zero-order valence-electron chi connectivity index (χ0n) is 18.8. The number of nitrogens with zero attached hydrogens (tertiary/aromatic N) is 2. The van der Waals surface area contributed by atoms with E-state index in [1.54, 1.807) is 23.7 Å². The Kier molecular flexibility index (Phi) is 6.42. The number of pyridine rings is 1. The third-order valence-electron chi connectivity index (χ3n) is 6.05. The number of rotatable bonds is 6. The maximum absolute atomic E-state index is 13.7. The maximum atomic E-state index is 13.7. The molecule has 0 radical (unpaired) electrons. The average molecular weight is 448 g/mol. The molecule has 2 amide bonds. The van der Waals surface area contributed by atoms with Gasteiger partial charge in [-0.25, -0.2) is 0 Å². The van der Waals surface area contributed by atoms with Gasteiger partial charge in [0.05, 0.1) is 5.56 Å². The predicted molar refractivity (Wildman–Crippen MR) is 129 cm³/mol. The minimum absolute atomic E-state index is 0.00393. The highest BCUT2D eigenvalue weighted by Crippen LogP contribution is 2.37. The Morgan fingerprint density at radius 2 is 1.94 bits per heavy atom. The molecule has 2 aromatic heterocycles. The van der Waals surface area contributed by atoms with Gasteiger partial charge in [-0.3, -0.25) is 14.6 Å². The minimum Gasteiger partial charge on any atom is -0.352 e. The van der Waals surface area contributed by atoms with Crippen LogP contribution in [0.5, 0.6) is 0 Å². The number of carbonyl (C=O) groups excluding carboxylic acids is 2. The van der Waals surface area contributed by atoms with Crippen LogP contribution < -0.4 is 5.32 Å². The van der Waals surface area contributed by atoms with Crippen LogP contribution in [-0.4, -0.2) is 39.8 Å². The van der Waals surface area contributed by atoms with E-state index in [1.807, 2.05) is 61.4 Å². The van der Waals surface area contributed by atoms with Crippen molar-refractivity contribution in [1.29, 1.82) is 0 Å². The first-order valence-corrected chi connectivity index (χ1v) is 11.9. The van der Waals surface area contributed by atoms with Gasteiger partial charge in [0.2, 0.25) is 5.91 Å². The molecule has 1 fully saturated rings. The molecule has 166 valence electrons. The van der Waals surface area contributed by atoms with Gasteiger partial charge in [0.1, 0.15) is 5.54 Å². The van der Waals surface area contributed by atoms with E-state index < -0.39 is 5.54 Å². The first-order chi connectivity index (χ1) is 15.4. The molecule has 1 aliphatic rings. The van der Waals surface area contributed by atoms with E-state index >= 15 is 0 Å². The molecule has 3 heterocycles. The number of aryl methyl sites for hydroxylation is 1. The Bertz CT molecular complexity index is 1110. The lowest BCUT2D eigenvalue weighted by Crippen LogP contribution is -2.59. The number of carbonyl (C=O) groups is 2. The van der Waals surface area contributed by atoms with Gasteiger partial charge >= 0.3 is 0 Å². The molecule has 1 unspecified atom stereocenters. The first-order valence-electron chi connectivity index (χ1n) is 11.1. The average Bonchev–Trinajstić information content (AvgIpc) is 3.41. The molecule has 1 saturated heterocycles. The Morgan fingerprint density at radius 3 is 2.62 bits per heavy atom. The highest BCUT2D eigenvalue weighted by atomic mass is 32.1. The van der Waals surface area contributed by atoms with Crippen LogP contribution in [0.4, 0.5) is 0 Å². The number of benzene rings is 1. The normalized spacial score (nSPS) is 18.2. The molecule has 3 aromatic rings. The summed E-state index contributed by atoms with van der Waals surface area (Å²) in [6.07, 6.45) is 5.47. The second-order valence-corrected chi connectivity index (χ2v) is 9.85. The molecule has 1 atom stereocenters. The monoisotopic (exact) mass is 447 g/mol. The zero-order valence-corrected chi connectivity index (χ0v) is 19.6. The summed E-state index contributed by atoms with van der Waals surface area (Å²) in [5.41, 5.74) is 2.93. The van der Waals surface area contributed by atoms with E-state index in [9.17, 15) is 9.59 Å². The van der Waals surface area contributed by atoms with Crippen molar-refractivity contribution in [3.05, 3.63) is 76.2 Å². The highest BCUT2D eigenvalue weighted by molar-refractivity contribution is 7.10. The molecule has 1 N–H and O–H groups in total. The molecular formula is C26H29N3O2S. The fraction of sp³-hybridized carbons (Fsp3) is 0.346. The van der Waals surface area contributed by atoms with Gasteiger partial charge in [-0.1, -0.05) is 24.3 Å². The van der Waals surface area contributed by atoms with E-state index in [0.29, 0.717) is 24.9 Å². The summed E-state index contributed by atoms with van der Waals surface area (Å²) in [4.78, 5) is 34.3. The van der Waals surface area contributed by atoms with Crippen molar-refractivity contribution in [2.75, 3.05) is 6.54 Å². The van der Waals surface area contributed by atoms with Gasteiger partial charge in [-0.2, -0.15) is 0 Å². The molecule has 5 nitrogen and oxygen atoms in total. The number of amides is 2. The summed E-state index contributed by atoms with van der Waals surface area (Å²) in [5, 5.41) is 5.00. The van der Waals surface area contributed by atoms with Crippen molar-refractivity contribution >= 4 is 23.2 Å². The van der Waals surface area contributed by atoms with Gasteiger partial charge in [-0.05, 0) is 68.5 Å². The Hall–Kier alpha value is -2.99. The minimum atomic E-state index is -0.916. The van der Waals surface area contributed by atoms with Crippen molar-refractivity contribution < 1.29 is 9.59 Å². The van der Waals surface area contributed by atoms with Gasteiger partial charge in [0, 0.05) is 41.7 Å². The Labute approximate surface area is 193 Å². The molecule has 0 spiro atoms. The third kappa shape index (κ3) is 4.32. The summed E-state index contributed by atoms with van der Waals surface area (Å²) in [6.45, 7) is 6.49. The lowest BCUT2D eigenvalue weighted by Gasteiger charge is -2.38. The number of hydrogen-bond donors (Lipinski definition) is 1. The van der Waals surface area contributed by atoms with Gasteiger partial charge in [-0.15, -0.1) is 11.3 Å². The van der Waals surface area contributed by atoms with Crippen LogP contribution >= 0.6 is 11.3 Å². The smallest absolute Gasteiger partial charge is 0.255 e. The standard InChI is InChI=1S/C26H29N3O2S/c1-18(2)28-25(31)26(11-6-14-29(26)24(30)22-15-19(3)32-17-22)16-21-7-4-5-8-23(21)20-9-12-27-13-10-20/h4-5,7-10,12-13,15,17-18H,6,11,14,16H2,1-3H3,(H,28,31). The van der Waals surface area contributed by atoms with E-state index in [-0.39, 0.29) is 17.9 Å². The van der Waals surface area contributed by atoms with Crippen molar-refractivity contribution in [2.24, 2.45) is 0 Å². The van der Waals surface area contributed by atoms with Crippen LogP contribution in [0.15, 0.2) is 60.2 Å². The summed E-state index contributed by atoms with van der Waals surface area (Å²) >= 11 is 1.56. The van der Waals surface area contributed by atoms with E-state index in [4.69, 9.17) is 0 Å². The van der Waals surface area contributed by atoms with Crippen LogP contribution in [0, 0.1) is 6.92 Å². The molecule has 0 saturated carbocycles. The second kappa shape index (κ2) is 9.25. The molecule has 0 bridgehead atoms. The molecule has 4 rings (SSSR count). The number of aromatic nitrogens is 1. The zero-order chi connectivity index (χ0) is 22.7. The summed E-state index contributed by atoms with van der Waals surface area (Å²) < 4.78 is 0. The lowest BCUT2D eigenvalue weighted by molar-refractivity contribution is -0.131. The summed E-state index contributed by atoms with van der Waals surface area (Å²) in [6, 6.07) is 14.0. The van der Waals surface area contributed by atoms with Crippen molar-refractivity contribution in [3.63, 3.8) is 0 Å². The first kappa shape index (κ1) is 22.2. The third-order valence-corrected chi connectivity index (χ3v) is 6.91. The number of thiophene rings is 1. The molecule has 1 aromatic carbocycles. The second-order valence-electron chi connectivity index (χ2n) is 8.74. The SMILES string of the molecule is Cc1cc(C(=O)N2CCCC2(Cc2ccccc2-c2ccncc2)C(=O)NC(C)C)cs1. The fourth-order valence-electron chi connectivity index (χ4n) is 4.59. The molecule has 32 heavy (non-hydrogen) atoms. The lowest BCUT2D eigenvalue weighted by atomic mass is 9.83. The van der Waals surface area contributed by atoms with Gasteiger partial charge < -0.3 is 10.2 Å². The van der Waals surface area contributed by atoms with Crippen molar-refractivity contribution in [2.45, 2.75) is 51.6 Å². The van der Waals surface area contributed by atoms with E-state index in [0.717, 1.165) is 28.0 Å². The van der Waals surface area contributed by atoms with Crippen LogP contribution in [0.25, 0.3) is 11.1 Å². The predicted octanol–water partition coefficient (Wildman–Crippen LogP) is 4.86. The molecule has 0 aliphatic carbocycles. The van der Waals surface area contributed by atoms with Gasteiger partial charge in [0.15, 0.2) is 0 Å². The Morgan fingerprint density at radius 1 is 1.19 bits per heavy atom. The number of nitrogens with one attached hydrogen (secondary N) is 1. The van der Waals surface area contributed by atoms with Crippen molar-refractivity contribution in [3.8, 4) is 11.1 Å². The van der Waals surface area contributed by atoms with Gasteiger partial charge in [0.25, 0.3) is 5.91 Å². The fourth-order valence-corrected chi connectivity index (χ4v) is 5.26. The summed E-state index contributed by atoms with van der Waals surface area (Å²) in [7, 11) is 0. The Balaban J connectivity index is 1.77. The van der Waals surface area contributed by atoms with Crippen LogP contribution in [0.3, 0.4) is 0 Å².